The Morgan fingerprint density at radius 2 is 2.17 bits per heavy atom. The van der Waals surface area contributed by atoms with Crippen LogP contribution in [0.15, 0.2) is 18.5 Å². The van der Waals surface area contributed by atoms with Crippen LogP contribution < -0.4 is 5.01 Å². The first kappa shape index (κ1) is 14.5. The minimum absolute atomic E-state index is 0.110. The van der Waals surface area contributed by atoms with Gasteiger partial charge in [-0.2, -0.15) is 0 Å². The summed E-state index contributed by atoms with van der Waals surface area (Å²) in [5.74, 6) is 1.75. The molecule has 0 aliphatic carbocycles. The number of aliphatic hydroxyl groups is 1. The summed E-state index contributed by atoms with van der Waals surface area (Å²) in [7, 11) is 0. The van der Waals surface area contributed by atoms with Crippen molar-refractivity contribution < 1.29 is 5.11 Å². The molecule has 1 aliphatic rings. The zero-order chi connectivity index (χ0) is 15.8. The van der Waals surface area contributed by atoms with Crippen LogP contribution in [0.2, 0.25) is 0 Å². The van der Waals surface area contributed by atoms with Crippen LogP contribution in [0.4, 0.5) is 0 Å². The van der Waals surface area contributed by atoms with Crippen LogP contribution in [-0.4, -0.2) is 44.4 Å². The number of piperidine rings is 1. The van der Waals surface area contributed by atoms with Gasteiger partial charge in [0.15, 0.2) is 0 Å². The van der Waals surface area contributed by atoms with E-state index in [1.54, 1.807) is 0 Å². The number of aliphatic hydroxyl groups excluding tert-OH is 1. The topological polar surface area (TPSA) is 70.0 Å². The molecule has 1 fully saturated rings. The van der Waals surface area contributed by atoms with Gasteiger partial charge in [-0.1, -0.05) is 13.3 Å². The summed E-state index contributed by atoms with van der Waals surface area (Å²) in [6.45, 7) is 4.46. The fraction of sp³-hybridized carbons (Fsp3) is 0.529. The number of nitrogens with one attached hydrogen (secondary N) is 1. The average Bonchev–Trinajstić information content (AvgIpc) is 3.18. The number of nitrogens with zero attached hydrogens (tertiary/aromatic N) is 4. The van der Waals surface area contributed by atoms with E-state index in [4.69, 9.17) is 4.98 Å². The van der Waals surface area contributed by atoms with Crippen LogP contribution in [0.25, 0.3) is 22.1 Å². The molecular weight excluding hydrogens is 290 g/mol. The highest BCUT2D eigenvalue weighted by atomic mass is 16.3. The second kappa shape index (κ2) is 5.85. The maximum Gasteiger partial charge on any atom is 0.139 e. The zero-order valence-corrected chi connectivity index (χ0v) is 13.5. The Hall–Kier alpha value is -2.08. The van der Waals surface area contributed by atoms with Crippen LogP contribution >= 0.6 is 0 Å². The smallest absolute Gasteiger partial charge is 0.139 e. The van der Waals surface area contributed by atoms with Gasteiger partial charge in [0.05, 0.1) is 12.8 Å². The number of hydrogen-bond acceptors (Lipinski definition) is 4. The molecule has 0 unspecified atom stereocenters. The van der Waals surface area contributed by atoms with Gasteiger partial charge in [-0.15, -0.1) is 0 Å². The Morgan fingerprint density at radius 3 is 2.91 bits per heavy atom. The lowest BCUT2D eigenvalue weighted by Gasteiger charge is -2.35. The molecule has 122 valence electrons. The van der Waals surface area contributed by atoms with Crippen molar-refractivity contribution in [2.45, 2.75) is 32.6 Å². The number of hydrogen-bond donors (Lipinski definition) is 2. The Balaban J connectivity index is 1.85. The number of aromatic nitrogens is 4. The molecule has 2 N–H and O–H groups in total. The molecule has 0 bridgehead atoms. The Kier molecular flexibility index (Phi) is 3.69. The first-order chi connectivity index (χ1) is 11.3. The molecule has 0 radical (unpaired) electrons. The van der Waals surface area contributed by atoms with Crippen molar-refractivity contribution in [3.05, 3.63) is 24.3 Å². The summed E-state index contributed by atoms with van der Waals surface area (Å²) in [6, 6.07) is 2.06. The molecule has 0 amide bonds. The third-order valence-electron chi connectivity index (χ3n) is 5.03. The maximum absolute atomic E-state index is 9.43. The molecule has 6 heteroatoms. The monoisotopic (exact) mass is 313 g/mol. The van der Waals surface area contributed by atoms with Gasteiger partial charge < -0.3 is 15.1 Å². The molecular formula is C17H23N5O. The molecule has 23 heavy (non-hydrogen) atoms. The molecule has 1 aliphatic heterocycles. The van der Waals surface area contributed by atoms with Gasteiger partial charge in [0.25, 0.3) is 0 Å². The molecule has 6 nitrogen and oxygen atoms in total. The Labute approximate surface area is 135 Å². The van der Waals surface area contributed by atoms with E-state index in [0.717, 1.165) is 46.9 Å². The van der Waals surface area contributed by atoms with Gasteiger partial charge in [0.1, 0.15) is 22.5 Å². The first-order valence-corrected chi connectivity index (χ1v) is 8.51. The van der Waals surface area contributed by atoms with Crippen molar-refractivity contribution in [3.63, 3.8) is 0 Å². The standard InChI is InChI=1S/C17H23N5O/c1-2-12-4-8-21(9-5-12)22-15(6-10-23)20-14-11-19-17-13(16(14)22)3-7-18-17/h3,7,11-12,23H,2,4-6,8-10H2,1H3,(H,18,19). The van der Waals surface area contributed by atoms with Crippen molar-refractivity contribution in [2.24, 2.45) is 5.92 Å². The van der Waals surface area contributed by atoms with Gasteiger partial charge in [-0.05, 0) is 24.8 Å². The number of aromatic amines is 1. The first-order valence-electron chi connectivity index (χ1n) is 8.51. The summed E-state index contributed by atoms with van der Waals surface area (Å²) < 4.78 is 2.23. The fourth-order valence-corrected chi connectivity index (χ4v) is 3.70. The minimum atomic E-state index is 0.110. The largest absolute Gasteiger partial charge is 0.396 e. The molecule has 0 saturated carbocycles. The van der Waals surface area contributed by atoms with Crippen molar-refractivity contribution in [2.75, 3.05) is 24.7 Å². The summed E-state index contributed by atoms with van der Waals surface area (Å²) in [5, 5.41) is 12.9. The summed E-state index contributed by atoms with van der Waals surface area (Å²) in [6.07, 6.45) is 8.00. The van der Waals surface area contributed by atoms with Crippen LogP contribution in [0.3, 0.4) is 0 Å². The highest BCUT2D eigenvalue weighted by molar-refractivity contribution is 6.01. The van der Waals surface area contributed by atoms with Gasteiger partial charge in [0, 0.05) is 31.1 Å². The van der Waals surface area contributed by atoms with Crippen molar-refractivity contribution in [1.82, 2.24) is 19.6 Å². The molecule has 3 aromatic rings. The predicted molar refractivity (Wildman–Crippen MR) is 91.1 cm³/mol. The van der Waals surface area contributed by atoms with Gasteiger partial charge >= 0.3 is 0 Å². The molecule has 0 atom stereocenters. The number of pyridine rings is 1. The number of rotatable bonds is 4. The summed E-state index contributed by atoms with van der Waals surface area (Å²) >= 11 is 0. The van der Waals surface area contributed by atoms with Crippen LogP contribution in [0.5, 0.6) is 0 Å². The number of imidazole rings is 1. The predicted octanol–water partition coefficient (Wildman–Crippen LogP) is 2.21. The lowest BCUT2D eigenvalue weighted by Crippen LogP contribution is -2.42. The van der Waals surface area contributed by atoms with E-state index in [1.165, 1.54) is 19.3 Å². The van der Waals surface area contributed by atoms with Crippen molar-refractivity contribution in [1.29, 1.82) is 0 Å². The molecule has 4 heterocycles. The fourth-order valence-electron chi connectivity index (χ4n) is 3.70. The summed E-state index contributed by atoms with van der Waals surface area (Å²) in [4.78, 5) is 12.4. The quantitative estimate of drug-likeness (QED) is 0.775. The van der Waals surface area contributed by atoms with E-state index < -0.39 is 0 Å². The molecule has 1 saturated heterocycles. The van der Waals surface area contributed by atoms with Crippen LogP contribution in [-0.2, 0) is 6.42 Å². The van der Waals surface area contributed by atoms with E-state index >= 15 is 0 Å². The van der Waals surface area contributed by atoms with E-state index in [-0.39, 0.29) is 6.61 Å². The zero-order valence-electron chi connectivity index (χ0n) is 13.5. The average molecular weight is 313 g/mol. The normalized spacial score (nSPS) is 16.7. The van der Waals surface area contributed by atoms with E-state index in [9.17, 15) is 5.11 Å². The Morgan fingerprint density at radius 1 is 1.35 bits per heavy atom. The van der Waals surface area contributed by atoms with Gasteiger partial charge in [-0.25, -0.2) is 14.6 Å². The molecule has 4 rings (SSSR count). The lowest BCUT2D eigenvalue weighted by molar-refractivity contribution is 0.292. The molecule has 3 aromatic heterocycles. The number of fused-ring (bicyclic) bond motifs is 3. The van der Waals surface area contributed by atoms with Gasteiger partial charge in [-0.3, -0.25) is 0 Å². The van der Waals surface area contributed by atoms with Gasteiger partial charge in [0.2, 0.25) is 0 Å². The van der Waals surface area contributed by atoms with Crippen LogP contribution in [0, 0.1) is 5.92 Å². The second-order valence-electron chi connectivity index (χ2n) is 6.35. The van der Waals surface area contributed by atoms with E-state index in [2.05, 4.69) is 32.6 Å². The lowest BCUT2D eigenvalue weighted by atomic mass is 9.95. The highest BCUT2D eigenvalue weighted by Crippen LogP contribution is 2.27. The van der Waals surface area contributed by atoms with Crippen molar-refractivity contribution in [3.8, 4) is 0 Å². The highest BCUT2D eigenvalue weighted by Gasteiger charge is 2.23. The SMILES string of the molecule is CCC1CCN(n2c(CCO)nc3cnc4[nH]ccc4c32)CC1. The minimum Gasteiger partial charge on any atom is -0.396 e. The number of H-pyrrole nitrogens is 1. The molecule has 0 spiro atoms. The second-order valence-corrected chi connectivity index (χ2v) is 6.35. The van der Waals surface area contributed by atoms with Crippen molar-refractivity contribution >= 4 is 22.1 Å². The summed E-state index contributed by atoms with van der Waals surface area (Å²) in [5.41, 5.74) is 2.89. The molecule has 0 aromatic carbocycles. The maximum atomic E-state index is 9.43. The van der Waals surface area contributed by atoms with Crippen LogP contribution in [0.1, 0.15) is 32.0 Å². The Bertz CT molecular complexity index is 813. The third-order valence-corrected chi connectivity index (χ3v) is 5.03. The third kappa shape index (κ3) is 2.37. The van der Waals surface area contributed by atoms with E-state index in [1.807, 2.05) is 12.4 Å². The van der Waals surface area contributed by atoms with E-state index in [0.29, 0.717) is 6.42 Å².